The molecule has 0 saturated heterocycles. The summed E-state index contributed by atoms with van der Waals surface area (Å²) < 4.78 is 11.0. The van der Waals surface area contributed by atoms with Crippen molar-refractivity contribution in [1.29, 1.82) is 0 Å². The van der Waals surface area contributed by atoms with Crippen LogP contribution < -0.4 is 5.32 Å². The Hall–Kier alpha value is -0.800. The molecule has 0 aromatic carbocycles. The van der Waals surface area contributed by atoms with E-state index in [1.165, 1.54) is 5.56 Å². The second kappa shape index (κ2) is 6.64. The van der Waals surface area contributed by atoms with Crippen LogP contribution in [-0.4, -0.2) is 13.2 Å². The van der Waals surface area contributed by atoms with Crippen LogP contribution in [0.1, 0.15) is 37.4 Å². The van der Waals surface area contributed by atoms with Crippen LogP contribution >= 0.6 is 0 Å². The first-order chi connectivity index (χ1) is 7.27. The molecule has 0 radical (unpaired) electrons. The van der Waals surface area contributed by atoms with Crippen molar-refractivity contribution < 1.29 is 9.15 Å². The van der Waals surface area contributed by atoms with E-state index in [1.807, 2.05) is 6.92 Å². The lowest BCUT2D eigenvalue weighted by molar-refractivity contribution is 0.106. The van der Waals surface area contributed by atoms with Crippen molar-refractivity contribution in [3.8, 4) is 0 Å². The number of ether oxygens (including phenoxy) is 1. The smallest absolute Gasteiger partial charge is 0.130 e. The Bertz CT molecular complexity index is 281. The van der Waals surface area contributed by atoms with Gasteiger partial charge in [0.05, 0.1) is 0 Å². The molecule has 1 aromatic heterocycles. The van der Waals surface area contributed by atoms with E-state index in [-0.39, 0.29) is 0 Å². The minimum absolute atomic E-state index is 0.584. The van der Waals surface area contributed by atoms with Gasteiger partial charge in [-0.05, 0) is 26.0 Å². The summed E-state index contributed by atoms with van der Waals surface area (Å²) in [5.74, 6) is 1.92. The Labute approximate surface area is 91.8 Å². The summed E-state index contributed by atoms with van der Waals surface area (Å²) in [6.07, 6.45) is 1.05. The Morgan fingerprint density at radius 1 is 1.40 bits per heavy atom. The van der Waals surface area contributed by atoms with Gasteiger partial charge in [0, 0.05) is 18.7 Å². The van der Waals surface area contributed by atoms with Crippen LogP contribution in [0.15, 0.2) is 10.5 Å². The summed E-state index contributed by atoms with van der Waals surface area (Å²) in [7, 11) is 0. The van der Waals surface area contributed by atoms with E-state index >= 15 is 0 Å². The van der Waals surface area contributed by atoms with Crippen molar-refractivity contribution in [3.05, 3.63) is 23.2 Å². The molecule has 15 heavy (non-hydrogen) atoms. The topological polar surface area (TPSA) is 34.4 Å². The minimum Gasteiger partial charge on any atom is -0.464 e. The number of hydrogen-bond donors (Lipinski definition) is 1. The molecule has 1 rings (SSSR count). The van der Waals surface area contributed by atoms with Gasteiger partial charge in [-0.15, -0.1) is 0 Å². The highest BCUT2D eigenvalue weighted by Gasteiger charge is 2.06. The summed E-state index contributed by atoms with van der Waals surface area (Å²) >= 11 is 0. The zero-order chi connectivity index (χ0) is 11.1. The average molecular weight is 211 g/mol. The molecule has 0 aliphatic heterocycles. The van der Waals surface area contributed by atoms with Crippen LogP contribution in [0.3, 0.4) is 0 Å². The molecule has 0 amide bonds. The Balaban J connectivity index is 2.45. The van der Waals surface area contributed by atoms with Crippen molar-refractivity contribution in [2.24, 2.45) is 0 Å². The van der Waals surface area contributed by atoms with E-state index < -0.39 is 0 Å². The maximum Gasteiger partial charge on any atom is 0.130 e. The van der Waals surface area contributed by atoms with Gasteiger partial charge in [-0.25, -0.2) is 0 Å². The number of hydrogen-bond acceptors (Lipinski definition) is 3. The highest BCUT2D eigenvalue weighted by Crippen LogP contribution is 2.15. The van der Waals surface area contributed by atoms with Gasteiger partial charge in [-0.3, -0.25) is 0 Å². The normalized spacial score (nSPS) is 10.9. The van der Waals surface area contributed by atoms with E-state index in [2.05, 4.69) is 25.2 Å². The molecule has 0 atom stereocenters. The largest absolute Gasteiger partial charge is 0.464 e. The van der Waals surface area contributed by atoms with Crippen LogP contribution in [0.5, 0.6) is 0 Å². The summed E-state index contributed by atoms with van der Waals surface area (Å²) in [5, 5.41) is 3.29. The number of furan rings is 1. The maximum absolute atomic E-state index is 5.59. The lowest BCUT2D eigenvalue weighted by atomic mass is 10.2. The molecule has 0 aliphatic rings. The van der Waals surface area contributed by atoms with Gasteiger partial charge in [0.25, 0.3) is 0 Å². The molecule has 1 heterocycles. The molecule has 3 nitrogen and oxygen atoms in total. The fourth-order valence-corrected chi connectivity index (χ4v) is 1.41. The molecule has 0 aliphatic carbocycles. The van der Waals surface area contributed by atoms with E-state index in [1.54, 1.807) is 0 Å². The second-order valence-corrected chi connectivity index (χ2v) is 3.63. The van der Waals surface area contributed by atoms with Gasteiger partial charge < -0.3 is 14.5 Å². The van der Waals surface area contributed by atoms with E-state index in [0.29, 0.717) is 6.61 Å². The molecule has 1 N–H and O–H groups in total. The fourth-order valence-electron chi connectivity index (χ4n) is 1.41. The molecule has 0 unspecified atom stereocenters. The highest BCUT2D eigenvalue weighted by molar-refractivity contribution is 5.20. The summed E-state index contributed by atoms with van der Waals surface area (Å²) in [4.78, 5) is 0. The molecule has 1 aromatic rings. The third kappa shape index (κ3) is 4.06. The van der Waals surface area contributed by atoms with Gasteiger partial charge >= 0.3 is 0 Å². The third-order valence-corrected chi connectivity index (χ3v) is 2.23. The van der Waals surface area contributed by atoms with E-state index in [4.69, 9.17) is 9.15 Å². The average Bonchev–Trinajstić information content (AvgIpc) is 2.57. The lowest BCUT2D eigenvalue weighted by Crippen LogP contribution is -2.11. The molecular formula is C12H21NO2. The molecule has 0 fully saturated rings. The van der Waals surface area contributed by atoms with E-state index in [0.717, 1.165) is 37.6 Å². The molecule has 0 saturated carbocycles. The van der Waals surface area contributed by atoms with Crippen molar-refractivity contribution in [2.45, 2.75) is 40.3 Å². The quantitative estimate of drug-likeness (QED) is 0.704. The number of rotatable bonds is 7. The van der Waals surface area contributed by atoms with Gasteiger partial charge in [0.1, 0.15) is 18.1 Å². The number of aryl methyl sites for hydroxylation is 1. The Kier molecular flexibility index (Phi) is 5.43. The first-order valence-electron chi connectivity index (χ1n) is 5.64. The highest BCUT2D eigenvalue weighted by atomic mass is 16.5. The van der Waals surface area contributed by atoms with Gasteiger partial charge in [-0.1, -0.05) is 13.8 Å². The Morgan fingerprint density at radius 3 is 2.87 bits per heavy atom. The van der Waals surface area contributed by atoms with Crippen LogP contribution in [-0.2, 0) is 17.9 Å². The zero-order valence-corrected chi connectivity index (χ0v) is 9.93. The molecule has 86 valence electrons. The van der Waals surface area contributed by atoms with Crippen molar-refractivity contribution in [3.63, 3.8) is 0 Å². The predicted molar refractivity (Wildman–Crippen MR) is 60.8 cm³/mol. The van der Waals surface area contributed by atoms with Crippen LogP contribution in [0.2, 0.25) is 0 Å². The first-order valence-corrected chi connectivity index (χ1v) is 5.64. The lowest BCUT2D eigenvalue weighted by Gasteiger charge is -1.97. The van der Waals surface area contributed by atoms with Gasteiger partial charge in [0.2, 0.25) is 0 Å². The van der Waals surface area contributed by atoms with E-state index in [9.17, 15) is 0 Å². The minimum atomic E-state index is 0.584. The van der Waals surface area contributed by atoms with Crippen LogP contribution in [0.4, 0.5) is 0 Å². The fraction of sp³-hybridized carbons (Fsp3) is 0.667. The van der Waals surface area contributed by atoms with Crippen molar-refractivity contribution >= 4 is 0 Å². The van der Waals surface area contributed by atoms with Crippen molar-refractivity contribution in [1.82, 2.24) is 5.32 Å². The van der Waals surface area contributed by atoms with Crippen LogP contribution in [0, 0.1) is 6.92 Å². The SMILES string of the molecule is CCCOCc1cc(CNCC)c(C)o1. The third-order valence-electron chi connectivity index (χ3n) is 2.23. The zero-order valence-electron chi connectivity index (χ0n) is 9.93. The predicted octanol–water partition coefficient (Wildman–Crippen LogP) is 2.62. The second-order valence-electron chi connectivity index (χ2n) is 3.63. The molecule has 0 bridgehead atoms. The Morgan fingerprint density at radius 2 is 2.20 bits per heavy atom. The van der Waals surface area contributed by atoms with Gasteiger partial charge in [0.15, 0.2) is 0 Å². The first kappa shape index (κ1) is 12.3. The number of nitrogens with one attached hydrogen (secondary N) is 1. The maximum atomic E-state index is 5.59. The monoisotopic (exact) mass is 211 g/mol. The molecular weight excluding hydrogens is 190 g/mol. The molecule has 3 heteroatoms. The summed E-state index contributed by atoms with van der Waals surface area (Å²) in [6.45, 7) is 9.43. The summed E-state index contributed by atoms with van der Waals surface area (Å²) in [5.41, 5.74) is 1.23. The summed E-state index contributed by atoms with van der Waals surface area (Å²) in [6, 6.07) is 2.08. The standard InChI is InChI=1S/C12H21NO2/c1-4-6-14-9-12-7-11(8-13-5-2)10(3)15-12/h7,13H,4-6,8-9H2,1-3H3. The van der Waals surface area contributed by atoms with Crippen molar-refractivity contribution in [2.75, 3.05) is 13.2 Å². The van der Waals surface area contributed by atoms with Crippen LogP contribution in [0.25, 0.3) is 0 Å². The molecule has 0 spiro atoms. The van der Waals surface area contributed by atoms with Gasteiger partial charge in [-0.2, -0.15) is 0 Å².